The summed E-state index contributed by atoms with van der Waals surface area (Å²) < 4.78 is 1.75. The first kappa shape index (κ1) is 15.0. The highest BCUT2D eigenvalue weighted by molar-refractivity contribution is 5.89. The van der Waals surface area contributed by atoms with Crippen LogP contribution in [0.4, 0.5) is 0 Å². The SMILES string of the molecule is Cc1cnn([C@H]2[C@H](O)C[C@@H]2NC(=O)Cc2c[nH]c3ccccc23)c1. The molecule has 6 nitrogen and oxygen atoms in total. The number of aromatic amines is 1. The van der Waals surface area contributed by atoms with Crippen molar-refractivity contribution in [2.45, 2.75) is 38.0 Å². The van der Waals surface area contributed by atoms with Gasteiger partial charge in [-0.3, -0.25) is 9.48 Å². The zero-order valence-corrected chi connectivity index (χ0v) is 13.4. The number of carbonyl (C=O) groups is 1. The Balaban J connectivity index is 1.44. The lowest BCUT2D eigenvalue weighted by Crippen LogP contribution is -2.56. The molecule has 0 aliphatic heterocycles. The summed E-state index contributed by atoms with van der Waals surface area (Å²) in [6, 6.07) is 7.67. The Morgan fingerprint density at radius 2 is 2.29 bits per heavy atom. The van der Waals surface area contributed by atoms with E-state index in [1.54, 1.807) is 10.9 Å². The topological polar surface area (TPSA) is 82.9 Å². The first-order chi connectivity index (χ1) is 11.6. The molecule has 3 aromatic rings. The molecule has 4 rings (SSSR count). The molecule has 0 radical (unpaired) electrons. The van der Waals surface area contributed by atoms with Gasteiger partial charge in [0.1, 0.15) is 0 Å². The number of benzene rings is 1. The lowest BCUT2D eigenvalue weighted by atomic mass is 9.83. The fourth-order valence-electron chi connectivity index (χ4n) is 3.42. The van der Waals surface area contributed by atoms with Crippen molar-refractivity contribution in [2.75, 3.05) is 0 Å². The highest BCUT2D eigenvalue weighted by Crippen LogP contribution is 2.32. The molecule has 1 saturated carbocycles. The monoisotopic (exact) mass is 324 g/mol. The molecule has 1 amide bonds. The molecule has 3 atom stereocenters. The van der Waals surface area contributed by atoms with Crippen LogP contribution < -0.4 is 5.32 Å². The van der Waals surface area contributed by atoms with Crippen LogP contribution in [0.25, 0.3) is 10.9 Å². The first-order valence-electron chi connectivity index (χ1n) is 8.15. The molecule has 24 heavy (non-hydrogen) atoms. The zero-order chi connectivity index (χ0) is 16.7. The normalized spacial score (nSPS) is 23.2. The Labute approximate surface area is 139 Å². The molecule has 0 unspecified atom stereocenters. The van der Waals surface area contributed by atoms with Crippen molar-refractivity contribution in [3.8, 4) is 0 Å². The number of para-hydroxylation sites is 1. The summed E-state index contributed by atoms with van der Waals surface area (Å²) in [7, 11) is 0. The molecule has 0 bridgehead atoms. The number of hydrogen-bond donors (Lipinski definition) is 3. The van der Waals surface area contributed by atoms with Crippen LogP contribution in [-0.2, 0) is 11.2 Å². The number of hydrogen-bond acceptors (Lipinski definition) is 3. The minimum atomic E-state index is -0.470. The van der Waals surface area contributed by atoms with Gasteiger partial charge in [0.2, 0.25) is 5.91 Å². The second-order valence-electron chi connectivity index (χ2n) is 6.50. The molecule has 1 aromatic carbocycles. The van der Waals surface area contributed by atoms with Crippen molar-refractivity contribution in [1.82, 2.24) is 20.1 Å². The van der Waals surface area contributed by atoms with Gasteiger partial charge in [-0.25, -0.2) is 0 Å². The number of carbonyl (C=O) groups excluding carboxylic acids is 1. The van der Waals surface area contributed by atoms with E-state index in [-0.39, 0.29) is 18.0 Å². The fourth-order valence-corrected chi connectivity index (χ4v) is 3.42. The van der Waals surface area contributed by atoms with Crippen molar-refractivity contribution in [3.05, 3.63) is 54.0 Å². The molecule has 1 aliphatic rings. The van der Waals surface area contributed by atoms with Gasteiger partial charge in [0.05, 0.1) is 30.8 Å². The van der Waals surface area contributed by atoms with Crippen LogP contribution in [0, 0.1) is 6.92 Å². The quantitative estimate of drug-likeness (QED) is 0.683. The van der Waals surface area contributed by atoms with E-state index in [1.807, 2.05) is 43.6 Å². The molecular weight excluding hydrogens is 304 g/mol. The summed E-state index contributed by atoms with van der Waals surface area (Å²) in [5.41, 5.74) is 3.05. The van der Waals surface area contributed by atoms with Gasteiger partial charge < -0.3 is 15.4 Å². The van der Waals surface area contributed by atoms with Crippen LogP contribution in [0.3, 0.4) is 0 Å². The fraction of sp³-hybridized carbons (Fsp3) is 0.333. The first-order valence-corrected chi connectivity index (χ1v) is 8.15. The number of aromatic nitrogens is 3. The largest absolute Gasteiger partial charge is 0.391 e. The number of aliphatic hydroxyl groups excluding tert-OH is 1. The number of H-pyrrole nitrogens is 1. The van der Waals surface area contributed by atoms with Crippen LogP contribution >= 0.6 is 0 Å². The van der Waals surface area contributed by atoms with Crippen molar-refractivity contribution >= 4 is 16.8 Å². The molecule has 3 N–H and O–H groups in total. The number of aryl methyl sites for hydroxylation is 1. The van der Waals surface area contributed by atoms with Gasteiger partial charge in [-0.2, -0.15) is 5.10 Å². The molecule has 0 spiro atoms. The van der Waals surface area contributed by atoms with E-state index < -0.39 is 6.10 Å². The van der Waals surface area contributed by atoms with Crippen molar-refractivity contribution < 1.29 is 9.90 Å². The third kappa shape index (κ3) is 2.59. The van der Waals surface area contributed by atoms with Crippen LogP contribution in [0.15, 0.2) is 42.9 Å². The van der Waals surface area contributed by atoms with Gasteiger partial charge in [-0.1, -0.05) is 18.2 Å². The maximum absolute atomic E-state index is 12.4. The molecule has 124 valence electrons. The average molecular weight is 324 g/mol. The highest BCUT2D eigenvalue weighted by atomic mass is 16.3. The van der Waals surface area contributed by atoms with Gasteiger partial charge in [0.25, 0.3) is 0 Å². The van der Waals surface area contributed by atoms with Crippen molar-refractivity contribution in [1.29, 1.82) is 0 Å². The lowest BCUT2D eigenvalue weighted by molar-refractivity contribution is -0.124. The van der Waals surface area contributed by atoms with E-state index in [0.717, 1.165) is 22.0 Å². The molecule has 2 heterocycles. The average Bonchev–Trinajstić information content (AvgIpc) is 3.14. The van der Waals surface area contributed by atoms with Gasteiger partial charge in [0.15, 0.2) is 0 Å². The Bertz CT molecular complexity index is 882. The third-order valence-corrected chi connectivity index (χ3v) is 4.71. The summed E-state index contributed by atoms with van der Waals surface area (Å²) in [5, 5.41) is 18.4. The van der Waals surface area contributed by atoms with Gasteiger partial charge in [-0.05, 0) is 30.5 Å². The second kappa shape index (κ2) is 5.79. The Morgan fingerprint density at radius 1 is 1.46 bits per heavy atom. The van der Waals surface area contributed by atoms with E-state index in [0.29, 0.717) is 12.8 Å². The second-order valence-corrected chi connectivity index (χ2v) is 6.50. The Kier molecular flexibility index (Phi) is 3.61. The predicted octanol–water partition coefficient (Wildman–Crippen LogP) is 1.71. The van der Waals surface area contributed by atoms with E-state index >= 15 is 0 Å². The standard InChI is InChI=1S/C18H20N4O2/c1-11-8-20-22(10-11)18-15(7-16(18)23)21-17(24)6-12-9-19-14-5-3-2-4-13(12)14/h2-5,8-10,15-16,18-19,23H,6-7H2,1H3,(H,21,24)/t15-,16+,18+/m0/s1. The van der Waals surface area contributed by atoms with E-state index in [1.165, 1.54) is 0 Å². The maximum atomic E-state index is 12.4. The van der Waals surface area contributed by atoms with Crippen LogP contribution in [0.2, 0.25) is 0 Å². The minimum absolute atomic E-state index is 0.0365. The molecule has 6 heteroatoms. The molecule has 2 aromatic heterocycles. The number of aliphatic hydroxyl groups is 1. The zero-order valence-electron chi connectivity index (χ0n) is 13.4. The maximum Gasteiger partial charge on any atom is 0.224 e. The highest BCUT2D eigenvalue weighted by Gasteiger charge is 2.42. The number of nitrogens with one attached hydrogen (secondary N) is 2. The van der Waals surface area contributed by atoms with E-state index in [2.05, 4.69) is 15.4 Å². The molecule has 1 fully saturated rings. The number of nitrogens with zero attached hydrogens (tertiary/aromatic N) is 2. The van der Waals surface area contributed by atoms with Crippen molar-refractivity contribution in [2.24, 2.45) is 0 Å². The Morgan fingerprint density at radius 3 is 3.04 bits per heavy atom. The molecular formula is C18H20N4O2. The Hall–Kier alpha value is -2.60. The lowest BCUT2D eigenvalue weighted by Gasteiger charge is -2.41. The summed E-state index contributed by atoms with van der Waals surface area (Å²) in [5.74, 6) is -0.0365. The predicted molar refractivity (Wildman–Crippen MR) is 90.6 cm³/mol. The molecule has 0 saturated heterocycles. The van der Waals surface area contributed by atoms with E-state index in [9.17, 15) is 9.90 Å². The summed E-state index contributed by atoms with van der Waals surface area (Å²) in [6.07, 6.45) is 5.95. The summed E-state index contributed by atoms with van der Waals surface area (Å²) in [6.45, 7) is 1.96. The number of rotatable bonds is 4. The number of fused-ring (bicyclic) bond motifs is 1. The number of amides is 1. The smallest absolute Gasteiger partial charge is 0.224 e. The van der Waals surface area contributed by atoms with Gasteiger partial charge in [0, 0.05) is 23.3 Å². The van der Waals surface area contributed by atoms with Crippen LogP contribution in [0.1, 0.15) is 23.6 Å². The van der Waals surface area contributed by atoms with E-state index in [4.69, 9.17) is 0 Å². The van der Waals surface area contributed by atoms with Crippen molar-refractivity contribution in [3.63, 3.8) is 0 Å². The van der Waals surface area contributed by atoms with Crippen LogP contribution in [-0.4, -0.2) is 37.9 Å². The van der Waals surface area contributed by atoms with Gasteiger partial charge >= 0.3 is 0 Å². The third-order valence-electron chi connectivity index (χ3n) is 4.71. The summed E-state index contributed by atoms with van der Waals surface area (Å²) in [4.78, 5) is 15.6. The van der Waals surface area contributed by atoms with Crippen LogP contribution in [0.5, 0.6) is 0 Å². The minimum Gasteiger partial charge on any atom is -0.391 e. The molecule has 1 aliphatic carbocycles. The van der Waals surface area contributed by atoms with Gasteiger partial charge in [-0.15, -0.1) is 0 Å². The summed E-state index contributed by atoms with van der Waals surface area (Å²) >= 11 is 0.